The molecule has 1 unspecified atom stereocenters. The van der Waals surface area contributed by atoms with Gasteiger partial charge >= 0.3 is 0 Å². The Morgan fingerprint density at radius 2 is 2.29 bits per heavy atom. The molecule has 7 nitrogen and oxygen atoms in total. The number of piperidine rings is 1. The molecule has 1 N–H and O–H groups in total. The second kappa shape index (κ2) is 4.25. The number of rotatable bonds is 2. The highest BCUT2D eigenvalue weighted by Gasteiger charge is 2.23. The monoisotopic (exact) mass is 234 g/mol. The molecule has 0 spiro atoms. The number of aromatic nitrogens is 5. The van der Waals surface area contributed by atoms with E-state index in [4.69, 9.17) is 0 Å². The number of hydrogen-bond donors (Lipinski definition) is 1. The zero-order valence-electron chi connectivity index (χ0n) is 9.40. The molecule has 17 heavy (non-hydrogen) atoms. The van der Waals surface area contributed by atoms with Crippen molar-refractivity contribution in [1.29, 1.82) is 0 Å². The van der Waals surface area contributed by atoms with Crippen LogP contribution in [-0.4, -0.2) is 49.6 Å². The van der Waals surface area contributed by atoms with Crippen LogP contribution in [0.5, 0.6) is 0 Å². The summed E-state index contributed by atoms with van der Waals surface area (Å²) in [5.74, 6) is 0.823. The van der Waals surface area contributed by atoms with Crippen LogP contribution in [0.15, 0.2) is 12.1 Å². The summed E-state index contributed by atoms with van der Waals surface area (Å²) in [7, 11) is 0. The molecule has 7 heteroatoms. The van der Waals surface area contributed by atoms with Crippen molar-refractivity contribution in [1.82, 2.24) is 25.3 Å². The molecule has 1 saturated heterocycles. The average molecular weight is 234 g/mol. The molecule has 2 aromatic heterocycles. The summed E-state index contributed by atoms with van der Waals surface area (Å²) >= 11 is 0. The highest BCUT2D eigenvalue weighted by molar-refractivity contribution is 5.45. The van der Waals surface area contributed by atoms with Crippen LogP contribution in [0.2, 0.25) is 0 Å². The second-order valence-corrected chi connectivity index (χ2v) is 4.24. The zero-order chi connectivity index (χ0) is 11.7. The lowest BCUT2D eigenvalue weighted by Gasteiger charge is -2.35. The second-order valence-electron chi connectivity index (χ2n) is 4.24. The Balaban J connectivity index is 1.95. The number of fused-ring (bicyclic) bond motifs is 1. The fourth-order valence-corrected chi connectivity index (χ4v) is 2.29. The summed E-state index contributed by atoms with van der Waals surface area (Å²) in [6, 6.07) is 3.90. The van der Waals surface area contributed by atoms with E-state index in [0.29, 0.717) is 5.65 Å². The molecule has 0 saturated carbocycles. The molecule has 1 aliphatic heterocycles. The molecule has 1 fully saturated rings. The van der Waals surface area contributed by atoms with Gasteiger partial charge in [-0.2, -0.15) is 0 Å². The Bertz CT molecular complexity index is 512. The Morgan fingerprint density at radius 1 is 1.35 bits per heavy atom. The van der Waals surface area contributed by atoms with Gasteiger partial charge in [0.05, 0.1) is 12.6 Å². The van der Waals surface area contributed by atoms with Crippen LogP contribution in [0.3, 0.4) is 0 Å². The van der Waals surface area contributed by atoms with Gasteiger partial charge in [-0.05, 0) is 41.8 Å². The lowest BCUT2D eigenvalue weighted by molar-refractivity contribution is 0.239. The van der Waals surface area contributed by atoms with E-state index in [2.05, 4.69) is 25.5 Å². The van der Waals surface area contributed by atoms with E-state index in [1.165, 1.54) is 4.63 Å². The minimum atomic E-state index is 0.158. The number of hydrogen-bond acceptors (Lipinski definition) is 6. The van der Waals surface area contributed by atoms with Crippen molar-refractivity contribution < 1.29 is 5.11 Å². The molecule has 0 amide bonds. The van der Waals surface area contributed by atoms with Gasteiger partial charge in [0.25, 0.3) is 0 Å². The van der Waals surface area contributed by atoms with Gasteiger partial charge in [-0.15, -0.1) is 14.8 Å². The molecule has 3 rings (SSSR count). The predicted octanol–water partition coefficient (Wildman–Crippen LogP) is -0.130. The van der Waals surface area contributed by atoms with Crippen molar-refractivity contribution in [2.45, 2.75) is 25.3 Å². The number of aliphatic hydroxyl groups is 1. The van der Waals surface area contributed by atoms with Gasteiger partial charge in [-0.3, -0.25) is 0 Å². The van der Waals surface area contributed by atoms with Crippen molar-refractivity contribution in [3.05, 3.63) is 12.1 Å². The molecule has 90 valence electrons. The van der Waals surface area contributed by atoms with Crippen LogP contribution >= 0.6 is 0 Å². The largest absolute Gasteiger partial charge is 0.394 e. The minimum Gasteiger partial charge on any atom is -0.394 e. The Morgan fingerprint density at radius 3 is 3.18 bits per heavy atom. The van der Waals surface area contributed by atoms with E-state index in [-0.39, 0.29) is 12.6 Å². The maximum atomic E-state index is 9.38. The standard InChI is InChI=1S/C10H14N6O/c17-7-8-3-1-2-6-15(8)10-5-4-9-11-13-14-16(9)12-10/h4-5,8,17H,1-3,6-7H2. The molecular weight excluding hydrogens is 220 g/mol. The topological polar surface area (TPSA) is 79.4 Å². The first-order chi connectivity index (χ1) is 8.38. The van der Waals surface area contributed by atoms with Gasteiger partial charge in [-0.1, -0.05) is 0 Å². The third-order valence-electron chi connectivity index (χ3n) is 3.19. The average Bonchev–Trinajstić information content (AvgIpc) is 2.85. The maximum Gasteiger partial charge on any atom is 0.200 e. The van der Waals surface area contributed by atoms with Gasteiger partial charge in [0.15, 0.2) is 11.5 Å². The van der Waals surface area contributed by atoms with Crippen LogP contribution in [0, 0.1) is 0 Å². The van der Waals surface area contributed by atoms with Crippen LogP contribution in [0.25, 0.3) is 5.65 Å². The van der Waals surface area contributed by atoms with E-state index < -0.39 is 0 Å². The van der Waals surface area contributed by atoms with Crippen LogP contribution in [-0.2, 0) is 0 Å². The minimum absolute atomic E-state index is 0.158. The van der Waals surface area contributed by atoms with E-state index in [1.807, 2.05) is 12.1 Å². The van der Waals surface area contributed by atoms with Crippen molar-refractivity contribution in [2.75, 3.05) is 18.1 Å². The summed E-state index contributed by atoms with van der Waals surface area (Å²) in [6.45, 7) is 1.08. The molecule has 1 aliphatic rings. The van der Waals surface area contributed by atoms with Gasteiger partial charge in [0.1, 0.15) is 0 Å². The SMILES string of the molecule is OCC1CCCCN1c1ccc2nnnn2n1. The van der Waals surface area contributed by atoms with E-state index in [1.54, 1.807) is 0 Å². The fourth-order valence-electron chi connectivity index (χ4n) is 2.29. The molecule has 3 heterocycles. The highest BCUT2D eigenvalue weighted by atomic mass is 16.3. The van der Waals surface area contributed by atoms with Crippen molar-refractivity contribution in [3.63, 3.8) is 0 Å². The molecule has 0 aliphatic carbocycles. The van der Waals surface area contributed by atoms with Gasteiger partial charge in [0.2, 0.25) is 0 Å². The third-order valence-corrected chi connectivity index (χ3v) is 3.19. The Labute approximate surface area is 98.0 Å². The lowest BCUT2D eigenvalue weighted by atomic mass is 10.0. The third kappa shape index (κ3) is 1.82. The summed E-state index contributed by atoms with van der Waals surface area (Å²) in [5, 5.41) is 24.9. The first-order valence-electron chi connectivity index (χ1n) is 5.81. The quantitative estimate of drug-likeness (QED) is 0.779. The number of aliphatic hydroxyl groups excluding tert-OH is 1. The lowest BCUT2D eigenvalue weighted by Crippen LogP contribution is -2.42. The zero-order valence-corrected chi connectivity index (χ0v) is 9.40. The first kappa shape index (κ1) is 10.4. The summed E-state index contributed by atoms with van der Waals surface area (Å²) in [5.41, 5.74) is 0.631. The Kier molecular flexibility index (Phi) is 2.60. The maximum absolute atomic E-state index is 9.38. The van der Waals surface area contributed by atoms with Gasteiger partial charge in [-0.25, -0.2) is 0 Å². The van der Waals surface area contributed by atoms with Crippen LogP contribution in [0.4, 0.5) is 5.82 Å². The van der Waals surface area contributed by atoms with Crippen molar-refractivity contribution in [2.24, 2.45) is 0 Å². The van der Waals surface area contributed by atoms with Crippen LogP contribution in [0.1, 0.15) is 19.3 Å². The van der Waals surface area contributed by atoms with Gasteiger partial charge < -0.3 is 10.0 Å². The molecule has 0 aromatic carbocycles. The Hall–Kier alpha value is -1.76. The summed E-state index contributed by atoms with van der Waals surface area (Å²) in [6.07, 6.45) is 3.30. The molecule has 2 aromatic rings. The van der Waals surface area contributed by atoms with Crippen molar-refractivity contribution in [3.8, 4) is 0 Å². The van der Waals surface area contributed by atoms with E-state index in [9.17, 15) is 5.11 Å². The van der Waals surface area contributed by atoms with Gasteiger partial charge in [0, 0.05) is 6.54 Å². The summed E-state index contributed by atoms with van der Waals surface area (Å²) < 4.78 is 1.42. The molecule has 0 radical (unpaired) electrons. The fraction of sp³-hybridized carbons (Fsp3) is 0.600. The number of anilines is 1. The van der Waals surface area contributed by atoms with E-state index >= 15 is 0 Å². The predicted molar refractivity (Wildman–Crippen MR) is 60.6 cm³/mol. The number of nitrogens with zero attached hydrogens (tertiary/aromatic N) is 6. The molecular formula is C10H14N6O. The van der Waals surface area contributed by atoms with E-state index in [0.717, 1.165) is 31.6 Å². The smallest absolute Gasteiger partial charge is 0.200 e. The van der Waals surface area contributed by atoms with Crippen molar-refractivity contribution >= 4 is 11.5 Å². The normalized spacial score (nSPS) is 21.0. The summed E-state index contributed by atoms with van der Waals surface area (Å²) in [4.78, 5) is 2.13. The van der Waals surface area contributed by atoms with Crippen LogP contribution < -0.4 is 4.90 Å². The highest BCUT2D eigenvalue weighted by Crippen LogP contribution is 2.22. The molecule has 0 bridgehead atoms. The first-order valence-corrected chi connectivity index (χ1v) is 5.81. The number of tetrazole rings is 1. The molecule has 1 atom stereocenters.